The molecule has 0 amide bonds. The highest BCUT2D eigenvalue weighted by atomic mass is 15.3. The molecule has 8 heteroatoms. The summed E-state index contributed by atoms with van der Waals surface area (Å²) in [6.07, 6.45) is 5.06. The number of aliphatic imine (C=N–C) groups is 1. The Kier molecular flexibility index (Phi) is 5.69. The quantitative estimate of drug-likeness (QED) is 0.248. The fourth-order valence-electron chi connectivity index (χ4n) is 5.14. The summed E-state index contributed by atoms with van der Waals surface area (Å²) >= 11 is 0. The van der Waals surface area contributed by atoms with Crippen molar-refractivity contribution in [3.05, 3.63) is 95.6 Å². The Hall–Kier alpha value is -4.46. The minimum atomic E-state index is 0.233. The summed E-state index contributed by atoms with van der Waals surface area (Å²) in [6.45, 7) is 0.433. The highest BCUT2D eigenvalue weighted by Gasteiger charge is 2.37. The van der Waals surface area contributed by atoms with E-state index in [1.807, 2.05) is 53.1 Å². The topological polar surface area (TPSA) is 117 Å². The molecule has 8 nitrogen and oxygen atoms in total. The molecule has 2 atom stereocenters. The number of amidine groups is 1. The van der Waals surface area contributed by atoms with E-state index < -0.39 is 0 Å². The van der Waals surface area contributed by atoms with E-state index in [2.05, 4.69) is 44.9 Å². The number of hydrogen-bond donors (Lipinski definition) is 4. The van der Waals surface area contributed by atoms with Gasteiger partial charge in [0.2, 0.25) is 5.95 Å². The van der Waals surface area contributed by atoms with Crippen LogP contribution in [0.3, 0.4) is 0 Å². The number of nitrogen functional groups attached to an aromatic ring is 1. The normalized spacial score (nSPS) is 18.4. The van der Waals surface area contributed by atoms with Gasteiger partial charge in [0.1, 0.15) is 22.7 Å². The van der Waals surface area contributed by atoms with Crippen molar-refractivity contribution in [1.29, 1.82) is 5.41 Å². The Balaban J connectivity index is 1.36. The monoisotopic (exact) mass is 476 g/mol. The molecule has 6 rings (SSSR count). The van der Waals surface area contributed by atoms with Gasteiger partial charge in [-0.15, -0.1) is 0 Å². The van der Waals surface area contributed by atoms with Crippen LogP contribution in [0.15, 0.2) is 84.0 Å². The van der Waals surface area contributed by atoms with Crippen molar-refractivity contribution in [3.63, 3.8) is 0 Å². The summed E-state index contributed by atoms with van der Waals surface area (Å²) in [5.41, 5.74) is 11.2. The van der Waals surface area contributed by atoms with E-state index in [1.165, 1.54) is 0 Å². The van der Waals surface area contributed by atoms with Gasteiger partial charge >= 0.3 is 0 Å². The average Bonchev–Trinajstić information content (AvgIpc) is 3.49. The van der Waals surface area contributed by atoms with Gasteiger partial charge in [-0.3, -0.25) is 20.0 Å². The van der Waals surface area contributed by atoms with E-state index in [9.17, 15) is 0 Å². The molecule has 1 aliphatic heterocycles. The maximum absolute atomic E-state index is 9.10. The Labute approximate surface area is 209 Å². The second-order valence-electron chi connectivity index (χ2n) is 9.23. The molecule has 2 aliphatic rings. The lowest BCUT2D eigenvalue weighted by Gasteiger charge is -2.17. The molecule has 0 bridgehead atoms. The van der Waals surface area contributed by atoms with Crippen molar-refractivity contribution < 1.29 is 0 Å². The Morgan fingerprint density at radius 1 is 1.06 bits per heavy atom. The molecule has 2 aromatic carbocycles. The fraction of sp³-hybridized carbons (Fsp3) is 0.214. The molecule has 1 saturated carbocycles. The fourth-order valence-corrected chi connectivity index (χ4v) is 5.14. The van der Waals surface area contributed by atoms with Crippen LogP contribution in [0.2, 0.25) is 0 Å². The van der Waals surface area contributed by atoms with Gasteiger partial charge in [-0.25, -0.2) is 0 Å². The zero-order valence-electron chi connectivity index (χ0n) is 19.9. The third-order valence-electron chi connectivity index (χ3n) is 6.92. The number of nitrogens with zero attached hydrogens (tertiary/aromatic N) is 4. The van der Waals surface area contributed by atoms with E-state index >= 15 is 0 Å². The number of para-hydroxylation sites is 1. The summed E-state index contributed by atoms with van der Waals surface area (Å²) in [7, 11) is 0. The summed E-state index contributed by atoms with van der Waals surface area (Å²) in [5.74, 6) is 1.52. The zero-order valence-corrected chi connectivity index (χ0v) is 19.9. The number of nitrogens with one attached hydrogen (secondary N) is 3. The van der Waals surface area contributed by atoms with Crippen molar-refractivity contribution in [3.8, 4) is 11.3 Å². The Morgan fingerprint density at radius 3 is 2.64 bits per heavy atom. The molecule has 0 unspecified atom stereocenters. The van der Waals surface area contributed by atoms with Crippen LogP contribution in [0, 0.1) is 5.41 Å². The van der Waals surface area contributed by atoms with Crippen LogP contribution in [-0.4, -0.2) is 26.4 Å². The number of rotatable bonds is 5. The first-order valence-electron chi connectivity index (χ1n) is 12.3. The van der Waals surface area contributed by atoms with Gasteiger partial charge in [-0.05, 0) is 49.1 Å². The molecular weight excluding hydrogens is 448 g/mol. The zero-order chi connectivity index (χ0) is 24.5. The van der Waals surface area contributed by atoms with E-state index in [4.69, 9.17) is 16.1 Å². The lowest BCUT2D eigenvalue weighted by molar-refractivity contribution is 0.510. The third-order valence-corrected chi connectivity index (χ3v) is 6.92. The lowest BCUT2D eigenvalue weighted by atomic mass is 10.1. The molecule has 4 aromatic rings. The van der Waals surface area contributed by atoms with Gasteiger partial charge in [-0.1, -0.05) is 48.5 Å². The van der Waals surface area contributed by atoms with Crippen LogP contribution in [0.5, 0.6) is 0 Å². The van der Waals surface area contributed by atoms with Gasteiger partial charge in [0.15, 0.2) is 0 Å². The molecule has 0 spiro atoms. The average molecular weight is 477 g/mol. The van der Waals surface area contributed by atoms with E-state index in [-0.39, 0.29) is 6.04 Å². The minimum Gasteiger partial charge on any atom is -0.383 e. The van der Waals surface area contributed by atoms with Crippen LogP contribution in [0.1, 0.15) is 36.4 Å². The van der Waals surface area contributed by atoms with Gasteiger partial charge in [0.25, 0.3) is 0 Å². The van der Waals surface area contributed by atoms with Crippen molar-refractivity contribution in [2.45, 2.75) is 37.9 Å². The number of benzene rings is 2. The molecule has 3 heterocycles. The largest absolute Gasteiger partial charge is 0.383 e. The highest BCUT2D eigenvalue weighted by Crippen LogP contribution is 2.38. The van der Waals surface area contributed by atoms with Crippen molar-refractivity contribution in [2.75, 3.05) is 16.4 Å². The Bertz CT molecular complexity index is 1460. The predicted molar refractivity (Wildman–Crippen MR) is 143 cm³/mol. The predicted octanol–water partition coefficient (Wildman–Crippen LogP) is 4.58. The summed E-state index contributed by atoms with van der Waals surface area (Å²) in [5, 5.41) is 16.0. The molecule has 0 radical (unpaired) electrons. The van der Waals surface area contributed by atoms with Crippen molar-refractivity contribution in [1.82, 2.24) is 14.5 Å². The standard InChI is InChI=1S/C28H28N8/c29-25-24(26(30)36-23-11-6-10-22(23)34-28(36)35-25)27(33-20-7-2-1-3-8-20)32-17-18-12-14-19(15-13-18)21-9-4-5-16-31-21/h1-5,7-9,12-16,22-23,30H,6,10-11,17,29H2,(H,32,33)(H,34,35)/t22-,23+/m1/s1. The van der Waals surface area contributed by atoms with E-state index in [0.29, 0.717) is 41.2 Å². The minimum absolute atomic E-state index is 0.233. The van der Waals surface area contributed by atoms with Crippen LogP contribution >= 0.6 is 0 Å². The molecule has 1 aliphatic carbocycles. The summed E-state index contributed by atoms with van der Waals surface area (Å²) in [4.78, 5) is 14.0. The van der Waals surface area contributed by atoms with E-state index in [1.54, 1.807) is 6.20 Å². The molecule has 5 N–H and O–H groups in total. The molecule has 36 heavy (non-hydrogen) atoms. The number of aromatic nitrogens is 3. The summed E-state index contributed by atoms with van der Waals surface area (Å²) < 4.78 is 1.99. The highest BCUT2D eigenvalue weighted by molar-refractivity contribution is 6.10. The maximum atomic E-state index is 9.10. The maximum Gasteiger partial charge on any atom is 0.206 e. The third kappa shape index (κ3) is 4.11. The number of pyridine rings is 1. The van der Waals surface area contributed by atoms with Gasteiger partial charge in [-0.2, -0.15) is 4.98 Å². The van der Waals surface area contributed by atoms with Crippen LogP contribution in [-0.2, 0) is 6.54 Å². The van der Waals surface area contributed by atoms with E-state index in [0.717, 1.165) is 41.8 Å². The van der Waals surface area contributed by atoms with Crippen molar-refractivity contribution >= 4 is 23.3 Å². The summed E-state index contributed by atoms with van der Waals surface area (Å²) in [6, 6.07) is 24.5. The van der Waals surface area contributed by atoms with Crippen LogP contribution in [0.25, 0.3) is 11.3 Å². The SMILES string of the molecule is N=c1c(C(=NCc2ccc(-c3ccccn3)cc2)Nc2ccccc2)c(N)nc2n1[C@H]1CCC[C@H]1N2. The number of anilines is 3. The first-order valence-corrected chi connectivity index (χ1v) is 12.3. The second kappa shape index (κ2) is 9.30. The van der Waals surface area contributed by atoms with Gasteiger partial charge in [0, 0.05) is 23.5 Å². The van der Waals surface area contributed by atoms with Crippen molar-refractivity contribution in [2.24, 2.45) is 4.99 Å². The molecule has 1 fully saturated rings. The Morgan fingerprint density at radius 2 is 1.86 bits per heavy atom. The number of hydrogen-bond acceptors (Lipinski definition) is 6. The van der Waals surface area contributed by atoms with Crippen LogP contribution in [0.4, 0.5) is 17.5 Å². The van der Waals surface area contributed by atoms with Gasteiger partial charge in [0.05, 0.1) is 18.3 Å². The number of fused-ring (bicyclic) bond motifs is 3. The lowest BCUT2D eigenvalue weighted by Crippen LogP contribution is -2.33. The molecular formula is C28H28N8. The smallest absolute Gasteiger partial charge is 0.206 e. The second-order valence-corrected chi connectivity index (χ2v) is 9.23. The molecule has 0 saturated heterocycles. The first-order chi connectivity index (χ1) is 17.7. The first kappa shape index (κ1) is 22.0. The number of nitrogens with two attached hydrogens (primary N) is 1. The molecule has 2 aromatic heterocycles. The van der Waals surface area contributed by atoms with Crippen LogP contribution < -0.4 is 21.9 Å². The van der Waals surface area contributed by atoms with Gasteiger partial charge < -0.3 is 16.4 Å². The molecule has 180 valence electrons.